The van der Waals surface area contributed by atoms with Gasteiger partial charge in [0.1, 0.15) is 5.82 Å². The Labute approximate surface area is 113 Å². The summed E-state index contributed by atoms with van der Waals surface area (Å²) in [7, 11) is 0. The van der Waals surface area contributed by atoms with Crippen molar-refractivity contribution in [2.45, 2.75) is 57.2 Å². The molecule has 1 saturated carbocycles. The molecule has 1 aromatic rings. The van der Waals surface area contributed by atoms with Crippen molar-refractivity contribution in [3.8, 4) is 0 Å². The quantitative estimate of drug-likeness (QED) is 0.892. The van der Waals surface area contributed by atoms with E-state index in [9.17, 15) is 0 Å². The predicted molar refractivity (Wildman–Crippen MR) is 70.8 cm³/mol. The van der Waals surface area contributed by atoms with Gasteiger partial charge in [0.25, 0.3) is 0 Å². The number of hydrogen-bond acceptors (Lipinski definition) is 4. The van der Waals surface area contributed by atoms with Gasteiger partial charge in [-0.25, -0.2) is 0 Å². The molecule has 1 N–H and O–H groups in total. The Hall–Kier alpha value is -0.940. The van der Waals surface area contributed by atoms with Gasteiger partial charge in [-0.05, 0) is 38.0 Å². The average Bonchev–Trinajstić information content (AvgIpc) is 2.99. The van der Waals surface area contributed by atoms with Crippen LogP contribution in [0, 0.1) is 5.92 Å². The van der Waals surface area contributed by atoms with Crippen LogP contribution in [0.2, 0.25) is 0 Å². The summed E-state index contributed by atoms with van der Waals surface area (Å²) in [5, 5.41) is 12.5. The Morgan fingerprint density at radius 2 is 2.21 bits per heavy atom. The van der Waals surface area contributed by atoms with Crippen LogP contribution >= 0.6 is 0 Å². The van der Waals surface area contributed by atoms with E-state index < -0.39 is 0 Å². The molecule has 3 heterocycles. The van der Waals surface area contributed by atoms with E-state index in [1.807, 2.05) is 0 Å². The summed E-state index contributed by atoms with van der Waals surface area (Å²) in [6.45, 7) is 3.02. The van der Waals surface area contributed by atoms with Crippen LogP contribution in [0.3, 0.4) is 0 Å². The second-order valence-electron chi connectivity index (χ2n) is 6.07. The Bertz CT molecular complexity index is 448. The minimum atomic E-state index is 0.453. The topological polar surface area (TPSA) is 52.0 Å². The van der Waals surface area contributed by atoms with Gasteiger partial charge in [-0.1, -0.05) is 0 Å². The zero-order valence-electron chi connectivity index (χ0n) is 11.3. The van der Waals surface area contributed by atoms with Crippen LogP contribution in [0.1, 0.15) is 49.8 Å². The number of hydrogen-bond donors (Lipinski definition) is 1. The lowest BCUT2D eigenvalue weighted by Gasteiger charge is -2.25. The zero-order valence-corrected chi connectivity index (χ0v) is 11.3. The molecule has 0 radical (unpaired) electrons. The lowest BCUT2D eigenvalue weighted by atomic mass is 10.1. The van der Waals surface area contributed by atoms with Gasteiger partial charge in [-0.15, -0.1) is 10.2 Å². The minimum absolute atomic E-state index is 0.453. The molecule has 0 bridgehead atoms. The van der Waals surface area contributed by atoms with Crippen molar-refractivity contribution in [3.05, 3.63) is 11.6 Å². The molecule has 2 aliphatic heterocycles. The summed E-state index contributed by atoms with van der Waals surface area (Å²) in [5.41, 5.74) is 0. The third-order valence-corrected chi connectivity index (χ3v) is 4.64. The fraction of sp³-hybridized carbons (Fsp3) is 0.857. The van der Waals surface area contributed by atoms with E-state index in [0.717, 1.165) is 44.3 Å². The van der Waals surface area contributed by atoms with E-state index in [1.165, 1.54) is 31.5 Å². The minimum Gasteiger partial charge on any atom is -0.378 e. The molecule has 104 valence electrons. The number of ether oxygens (including phenoxy) is 1. The van der Waals surface area contributed by atoms with Gasteiger partial charge < -0.3 is 14.6 Å². The Balaban J connectivity index is 1.47. The van der Waals surface area contributed by atoms with E-state index in [-0.39, 0.29) is 0 Å². The lowest BCUT2D eigenvalue weighted by Crippen LogP contribution is -2.35. The molecule has 4 rings (SSSR count). The van der Waals surface area contributed by atoms with Gasteiger partial charge in [0.05, 0.1) is 12.1 Å². The van der Waals surface area contributed by atoms with Crippen LogP contribution in [0.25, 0.3) is 0 Å². The molecule has 5 nitrogen and oxygen atoms in total. The molecule has 2 unspecified atom stereocenters. The molecule has 2 fully saturated rings. The first kappa shape index (κ1) is 11.9. The van der Waals surface area contributed by atoms with Gasteiger partial charge in [-0.2, -0.15) is 0 Å². The molecule has 19 heavy (non-hydrogen) atoms. The maximum atomic E-state index is 5.69. The van der Waals surface area contributed by atoms with Gasteiger partial charge in [0.15, 0.2) is 5.82 Å². The van der Waals surface area contributed by atoms with Gasteiger partial charge >= 0.3 is 0 Å². The first-order chi connectivity index (χ1) is 9.42. The van der Waals surface area contributed by atoms with Crippen LogP contribution in [-0.4, -0.2) is 34.0 Å². The summed E-state index contributed by atoms with van der Waals surface area (Å²) >= 11 is 0. The van der Waals surface area contributed by atoms with Crippen molar-refractivity contribution in [2.24, 2.45) is 5.92 Å². The average molecular weight is 262 g/mol. The fourth-order valence-corrected chi connectivity index (χ4v) is 3.40. The normalized spacial score (nSPS) is 30.5. The van der Waals surface area contributed by atoms with Crippen molar-refractivity contribution in [1.82, 2.24) is 20.1 Å². The van der Waals surface area contributed by atoms with Crippen molar-refractivity contribution in [3.63, 3.8) is 0 Å². The van der Waals surface area contributed by atoms with E-state index in [2.05, 4.69) is 20.1 Å². The summed E-state index contributed by atoms with van der Waals surface area (Å²) in [6.07, 6.45) is 7.68. The van der Waals surface area contributed by atoms with Crippen LogP contribution in [-0.2, 0) is 17.7 Å². The zero-order chi connectivity index (χ0) is 12.7. The molecular formula is C14H22N4O. The van der Waals surface area contributed by atoms with Crippen LogP contribution in [0.4, 0.5) is 0 Å². The van der Waals surface area contributed by atoms with Crippen molar-refractivity contribution < 1.29 is 4.74 Å². The molecule has 0 amide bonds. The highest BCUT2D eigenvalue weighted by Crippen LogP contribution is 2.41. The standard InChI is InChI=1S/C14H22N4O/c1-2-11(19-9-1)5-6-12-16-17-14-13(10-3-4-10)15-7-8-18(12)14/h10-11,13,15H,1-9H2. The smallest absolute Gasteiger partial charge is 0.150 e. The van der Waals surface area contributed by atoms with Crippen LogP contribution < -0.4 is 5.32 Å². The number of rotatable bonds is 4. The predicted octanol–water partition coefficient (Wildman–Crippen LogP) is 1.44. The van der Waals surface area contributed by atoms with E-state index in [1.54, 1.807) is 0 Å². The number of nitrogens with zero attached hydrogens (tertiary/aromatic N) is 3. The monoisotopic (exact) mass is 262 g/mol. The maximum absolute atomic E-state index is 5.69. The number of aryl methyl sites for hydroxylation is 1. The van der Waals surface area contributed by atoms with E-state index in [4.69, 9.17) is 4.74 Å². The second kappa shape index (κ2) is 4.87. The molecule has 1 aliphatic carbocycles. The van der Waals surface area contributed by atoms with Crippen molar-refractivity contribution in [2.75, 3.05) is 13.2 Å². The fourth-order valence-electron chi connectivity index (χ4n) is 3.40. The molecule has 5 heteroatoms. The number of aromatic nitrogens is 3. The highest BCUT2D eigenvalue weighted by Gasteiger charge is 2.37. The molecule has 0 aromatic carbocycles. The molecule has 1 aromatic heterocycles. The summed E-state index contributed by atoms with van der Waals surface area (Å²) in [5.74, 6) is 3.14. The molecule has 1 saturated heterocycles. The first-order valence-electron chi connectivity index (χ1n) is 7.69. The highest BCUT2D eigenvalue weighted by atomic mass is 16.5. The van der Waals surface area contributed by atoms with E-state index >= 15 is 0 Å². The van der Waals surface area contributed by atoms with Crippen molar-refractivity contribution >= 4 is 0 Å². The Morgan fingerprint density at radius 3 is 3.00 bits per heavy atom. The molecule has 0 spiro atoms. The second-order valence-corrected chi connectivity index (χ2v) is 6.07. The number of nitrogens with one attached hydrogen (secondary N) is 1. The Kier molecular flexibility index (Phi) is 3.04. The first-order valence-corrected chi connectivity index (χ1v) is 7.69. The number of fused-ring (bicyclic) bond motifs is 1. The van der Waals surface area contributed by atoms with Crippen molar-refractivity contribution in [1.29, 1.82) is 0 Å². The van der Waals surface area contributed by atoms with Crippen LogP contribution in [0.15, 0.2) is 0 Å². The summed E-state index contributed by atoms with van der Waals surface area (Å²) in [4.78, 5) is 0. The van der Waals surface area contributed by atoms with Gasteiger partial charge in [0, 0.05) is 26.1 Å². The van der Waals surface area contributed by atoms with Gasteiger partial charge in [0.2, 0.25) is 0 Å². The lowest BCUT2D eigenvalue weighted by molar-refractivity contribution is 0.104. The van der Waals surface area contributed by atoms with E-state index in [0.29, 0.717) is 12.1 Å². The highest BCUT2D eigenvalue weighted by molar-refractivity contribution is 5.09. The SMILES string of the molecule is C1COC(CCc2nnc3n2CCNC3C2CC2)C1. The van der Waals surface area contributed by atoms with Crippen LogP contribution in [0.5, 0.6) is 0 Å². The molecule has 2 atom stereocenters. The third kappa shape index (κ3) is 2.30. The summed E-state index contributed by atoms with van der Waals surface area (Å²) < 4.78 is 8.05. The largest absolute Gasteiger partial charge is 0.378 e. The molecular weight excluding hydrogens is 240 g/mol. The third-order valence-electron chi connectivity index (χ3n) is 4.64. The maximum Gasteiger partial charge on any atom is 0.150 e. The molecule has 3 aliphatic rings. The Morgan fingerprint density at radius 1 is 1.26 bits per heavy atom. The van der Waals surface area contributed by atoms with Gasteiger partial charge in [-0.3, -0.25) is 0 Å². The summed E-state index contributed by atoms with van der Waals surface area (Å²) in [6, 6.07) is 0.456.